The maximum absolute atomic E-state index is 10.9. The Kier molecular flexibility index (Phi) is 3.10. The fourth-order valence-corrected chi connectivity index (χ4v) is 2.03. The van der Waals surface area contributed by atoms with E-state index < -0.39 is 4.92 Å². The van der Waals surface area contributed by atoms with Gasteiger partial charge >= 0.3 is 0 Å². The topological polar surface area (TPSA) is 73.8 Å². The van der Waals surface area contributed by atoms with Crippen LogP contribution in [0, 0.1) is 10.1 Å². The molecule has 1 heterocycles. The standard InChI is InChI=1S/C10H10N4O2S/c1-13-9(11-12-10(13)17-2)7-5-3-4-6-8(7)14(15)16/h3-6H,1-2H3. The largest absolute Gasteiger partial charge is 0.305 e. The van der Waals surface area contributed by atoms with Crippen molar-refractivity contribution in [2.45, 2.75) is 5.16 Å². The van der Waals surface area contributed by atoms with Crippen molar-refractivity contribution in [3.63, 3.8) is 0 Å². The van der Waals surface area contributed by atoms with Crippen LogP contribution in [0.15, 0.2) is 29.4 Å². The molecule has 2 rings (SSSR count). The molecule has 7 heteroatoms. The van der Waals surface area contributed by atoms with Gasteiger partial charge in [-0.3, -0.25) is 10.1 Å². The maximum Gasteiger partial charge on any atom is 0.280 e. The van der Waals surface area contributed by atoms with Crippen molar-refractivity contribution < 1.29 is 4.92 Å². The van der Waals surface area contributed by atoms with Crippen LogP contribution in [0.3, 0.4) is 0 Å². The van der Waals surface area contributed by atoms with E-state index in [1.807, 2.05) is 6.26 Å². The summed E-state index contributed by atoms with van der Waals surface area (Å²) in [7, 11) is 1.79. The first-order chi connectivity index (χ1) is 8.15. The van der Waals surface area contributed by atoms with Crippen molar-refractivity contribution in [1.29, 1.82) is 0 Å². The molecule has 0 N–H and O–H groups in total. The minimum absolute atomic E-state index is 0.0376. The molecule has 0 saturated carbocycles. The number of benzene rings is 1. The zero-order valence-corrected chi connectivity index (χ0v) is 10.1. The van der Waals surface area contributed by atoms with Gasteiger partial charge in [0.2, 0.25) is 0 Å². The van der Waals surface area contributed by atoms with E-state index >= 15 is 0 Å². The van der Waals surface area contributed by atoms with Crippen LogP contribution in [0.25, 0.3) is 11.4 Å². The number of nitro groups is 1. The van der Waals surface area contributed by atoms with Gasteiger partial charge in [0.15, 0.2) is 11.0 Å². The summed E-state index contributed by atoms with van der Waals surface area (Å²) >= 11 is 1.44. The van der Waals surface area contributed by atoms with Gasteiger partial charge in [-0.15, -0.1) is 10.2 Å². The van der Waals surface area contributed by atoms with E-state index in [1.54, 1.807) is 29.8 Å². The van der Waals surface area contributed by atoms with Crippen molar-refractivity contribution >= 4 is 17.4 Å². The summed E-state index contributed by atoms with van der Waals surface area (Å²) in [4.78, 5) is 10.5. The Labute approximate surface area is 102 Å². The number of aromatic nitrogens is 3. The maximum atomic E-state index is 10.9. The number of nitrogens with zero attached hydrogens (tertiary/aromatic N) is 4. The van der Waals surface area contributed by atoms with Crippen LogP contribution < -0.4 is 0 Å². The fourth-order valence-electron chi connectivity index (χ4n) is 1.55. The lowest BCUT2D eigenvalue weighted by atomic mass is 10.1. The van der Waals surface area contributed by atoms with Crippen LogP contribution in [0.1, 0.15) is 0 Å². The molecule has 17 heavy (non-hydrogen) atoms. The third-order valence-electron chi connectivity index (χ3n) is 2.36. The van der Waals surface area contributed by atoms with Crippen LogP contribution in [0.2, 0.25) is 0 Å². The average molecular weight is 250 g/mol. The number of hydrogen-bond donors (Lipinski definition) is 0. The van der Waals surface area contributed by atoms with Crippen molar-refractivity contribution in [3.05, 3.63) is 34.4 Å². The Morgan fingerprint density at radius 3 is 2.65 bits per heavy atom. The second kappa shape index (κ2) is 4.54. The molecule has 0 amide bonds. The van der Waals surface area contributed by atoms with Gasteiger partial charge in [0.25, 0.3) is 5.69 Å². The monoisotopic (exact) mass is 250 g/mol. The van der Waals surface area contributed by atoms with E-state index in [2.05, 4.69) is 10.2 Å². The second-order valence-corrected chi connectivity index (χ2v) is 4.12. The summed E-state index contributed by atoms with van der Waals surface area (Å²) in [5.74, 6) is 0.502. The van der Waals surface area contributed by atoms with E-state index in [0.29, 0.717) is 11.4 Å². The summed E-state index contributed by atoms with van der Waals surface area (Å²) in [5, 5.41) is 19.6. The summed E-state index contributed by atoms with van der Waals surface area (Å²) < 4.78 is 1.74. The molecule has 0 aliphatic rings. The number of thioether (sulfide) groups is 1. The average Bonchev–Trinajstić information content (AvgIpc) is 2.70. The van der Waals surface area contributed by atoms with E-state index in [1.165, 1.54) is 17.8 Å². The Balaban J connectivity index is 2.60. The minimum Gasteiger partial charge on any atom is -0.305 e. The first kappa shape index (κ1) is 11.6. The minimum atomic E-state index is -0.414. The van der Waals surface area contributed by atoms with Crippen LogP contribution in [0.4, 0.5) is 5.69 Å². The third-order valence-corrected chi connectivity index (χ3v) is 3.08. The Hall–Kier alpha value is -1.89. The highest BCUT2D eigenvalue weighted by molar-refractivity contribution is 7.98. The van der Waals surface area contributed by atoms with Crippen molar-refractivity contribution in [2.75, 3.05) is 6.26 Å². The van der Waals surface area contributed by atoms with E-state index in [9.17, 15) is 10.1 Å². The lowest BCUT2D eigenvalue weighted by Gasteiger charge is -2.02. The molecule has 1 aromatic carbocycles. The Bertz CT molecular complexity index is 567. The normalized spacial score (nSPS) is 10.5. The zero-order chi connectivity index (χ0) is 12.4. The molecule has 0 fully saturated rings. The molecule has 0 atom stereocenters. The zero-order valence-electron chi connectivity index (χ0n) is 9.32. The molecular weight excluding hydrogens is 240 g/mol. The lowest BCUT2D eigenvalue weighted by molar-refractivity contribution is -0.384. The summed E-state index contributed by atoms with van der Waals surface area (Å²) in [6.45, 7) is 0. The van der Waals surface area contributed by atoms with Gasteiger partial charge in [0.05, 0.1) is 10.5 Å². The number of rotatable bonds is 3. The predicted octanol–water partition coefficient (Wildman–Crippen LogP) is 2.11. The van der Waals surface area contributed by atoms with Crippen LogP contribution in [-0.2, 0) is 7.05 Å². The Morgan fingerprint density at radius 1 is 1.35 bits per heavy atom. The number of para-hydroxylation sites is 1. The van der Waals surface area contributed by atoms with Gasteiger partial charge in [-0.05, 0) is 12.3 Å². The van der Waals surface area contributed by atoms with Crippen LogP contribution >= 0.6 is 11.8 Å². The van der Waals surface area contributed by atoms with Gasteiger partial charge < -0.3 is 4.57 Å². The number of nitro benzene ring substituents is 1. The third kappa shape index (κ3) is 2.01. The summed E-state index contributed by atoms with van der Waals surface area (Å²) in [5.41, 5.74) is 0.517. The molecular formula is C10H10N4O2S. The van der Waals surface area contributed by atoms with Gasteiger partial charge in [0.1, 0.15) is 0 Å². The molecule has 2 aromatic rings. The second-order valence-electron chi connectivity index (χ2n) is 3.34. The van der Waals surface area contributed by atoms with Gasteiger partial charge in [-0.1, -0.05) is 23.9 Å². The van der Waals surface area contributed by atoms with Gasteiger partial charge in [0, 0.05) is 13.1 Å². The SMILES string of the molecule is CSc1nnc(-c2ccccc2[N+](=O)[O-])n1C. The molecule has 0 spiro atoms. The predicted molar refractivity (Wildman–Crippen MR) is 64.9 cm³/mol. The highest BCUT2D eigenvalue weighted by Gasteiger charge is 2.19. The molecule has 0 radical (unpaired) electrons. The lowest BCUT2D eigenvalue weighted by Crippen LogP contribution is -1.98. The first-order valence-corrected chi connectivity index (χ1v) is 6.04. The molecule has 0 bridgehead atoms. The van der Waals surface area contributed by atoms with Crippen molar-refractivity contribution in [3.8, 4) is 11.4 Å². The molecule has 1 aromatic heterocycles. The van der Waals surface area contributed by atoms with E-state index in [-0.39, 0.29) is 5.69 Å². The highest BCUT2D eigenvalue weighted by Crippen LogP contribution is 2.29. The summed E-state index contributed by atoms with van der Waals surface area (Å²) in [6.07, 6.45) is 1.88. The molecule has 0 aliphatic carbocycles. The molecule has 0 aliphatic heterocycles. The molecule has 6 nitrogen and oxygen atoms in total. The van der Waals surface area contributed by atoms with E-state index in [0.717, 1.165) is 5.16 Å². The number of hydrogen-bond acceptors (Lipinski definition) is 5. The van der Waals surface area contributed by atoms with Gasteiger partial charge in [-0.2, -0.15) is 0 Å². The van der Waals surface area contributed by atoms with Crippen molar-refractivity contribution in [1.82, 2.24) is 14.8 Å². The van der Waals surface area contributed by atoms with Crippen LogP contribution in [0.5, 0.6) is 0 Å². The van der Waals surface area contributed by atoms with Crippen LogP contribution in [-0.4, -0.2) is 25.9 Å². The molecule has 88 valence electrons. The molecule has 0 unspecified atom stereocenters. The Morgan fingerprint density at radius 2 is 2.06 bits per heavy atom. The fraction of sp³-hybridized carbons (Fsp3) is 0.200. The smallest absolute Gasteiger partial charge is 0.280 e. The quantitative estimate of drug-likeness (QED) is 0.474. The van der Waals surface area contributed by atoms with Crippen molar-refractivity contribution in [2.24, 2.45) is 7.05 Å². The van der Waals surface area contributed by atoms with E-state index in [4.69, 9.17) is 0 Å². The molecule has 0 saturated heterocycles. The highest BCUT2D eigenvalue weighted by atomic mass is 32.2. The first-order valence-electron chi connectivity index (χ1n) is 4.82. The van der Waals surface area contributed by atoms with Gasteiger partial charge in [-0.25, -0.2) is 0 Å². The summed E-state index contributed by atoms with van der Waals surface area (Å²) in [6, 6.07) is 6.51.